The Kier molecular flexibility index (Phi) is 3.50. The molecular formula is C12H4F5NO3. The third kappa shape index (κ3) is 2.26. The molecule has 0 saturated carbocycles. The lowest BCUT2D eigenvalue weighted by Crippen LogP contribution is -2.02. The van der Waals surface area contributed by atoms with Crippen molar-refractivity contribution in [2.75, 3.05) is 0 Å². The number of phenols is 1. The minimum absolute atomic E-state index is 0.178. The quantitative estimate of drug-likeness (QED) is 0.398. The molecule has 0 aliphatic heterocycles. The number of nitrogens with zero attached hydrogens (tertiary/aromatic N) is 1. The van der Waals surface area contributed by atoms with Crippen molar-refractivity contribution in [3.8, 4) is 16.9 Å². The van der Waals surface area contributed by atoms with Gasteiger partial charge in [-0.15, -0.1) is 0 Å². The minimum atomic E-state index is -1.98. The van der Waals surface area contributed by atoms with E-state index in [2.05, 4.69) is 0 Å². The van der Waals surface area contributed by atoms with Gasteiger partial charge in [0.2, 0.25) is 11.6 Å². The van der Waals surface area contributed by atoms with Crippen LogP contribution in [-0.2, 0) is 0 Å². The molecule has 0 amide bonds. The number of benzene rings is 2. The SMILES string of the molecule is O=[N+]([O-])c1c(O)cc(F)c(-c2ccc(F)c(F)c2F)c1F. The van der Waals surface area contributed by atoms with Crippen molar-refractivity contribution >= 4 is 5.69 Å². The Morgan fingerprint density at radius 3 is 2.14 bits per heavy atom. The van der Waals surface area contributed by atoms with Gasteiger partial charge in [-0.1, -0.05) is 0 Å². The van der Waals surface area contributed by atoms with E-state index >= 15 is 0 Å². The summed E-state index contributed by atoms with van der Waals surface area (Å²) in [5.41, 5.74) is -3.83. The molecule has 0 heterocycles. The van der Waals surface area contributed by atoms with Gasteiger partial charge in [0.25, 0.3) is 0 Å². The molecule has 0 bridgehead atoms. The molecular weight excluding hydrogens is 301 g/mol. The van der Waals surface area contributed by atoms with Crippen molar-refractivity contribution in [3.63, 3.8) is 0 Å². The Morgan fingerprint density at radius 1 is 0.952 bits per heavy atom. The molecule has 21 heavy (non-hydrogen) atoms. The molecule has 0 atom stereocenters. The van der Waals surface area contributed by atoms with E-state index in [4.69, 9.17) is 5.11 Å². The van der Waals surface area contributed by atoms with Gasteiger partial charge in [0, 0.05) is 11.6 Å². The lowest BCUT2D eigenvalue weighted by molar-refractivity contribution is -0.388. The second-order valence-electron chi connectivity index (χ2n) is 3.90. The van der Waals surface area contributed by atoms with Crippen LogP contribution in [0.15, 0.2) is 18.2 Å². The average molecular weight is 305 g/mol. The molecule has 0 fully saturated rings. The van der Waals surface area contributed by atoms with Crippen LogP contribution in [0.1, 0.15) is 0 Å². The molecule has 2 rings (SSSR count). The first-order valence-corrected chi connectivity index (χ1v) is 5.25. The largest absolute Gasteiger partial charge is 0.502 e. The van der Waals surface area contributed by atoms with Gasteiger partial charge in [0.15, 0.2) is 17.5 Å². The predicted molar refractivity (Wildman–Crippen MR) is 60.0 cm³/mol. The average Bonchev–Trinajstić information content (AvgIpc) is 2.37. The maximum absolute atomic E-state index is 13.9. The van der Waals surface area contributed by atoms with Gasteiger partial charge in [-0.25, -0.2) is 17.6 Å². The van der Waals surface area contributed by atoms with Crippen LogP contribution in [0, 0.1) is 39.2 Å². The Bertz CT molecular complexity index is 763. The molecule has 0 aromatic heterocycles. The molecule has 2 aromatic rings. The van der Waals surface area contributed by atoms with Crippen molar-refractivity contribution in [2.24, 2.45) is 0 Å². The van der Waals surface area contributed by atoms with Crippen LogP contribution < -0.4 is 0 Å². The lowest BCUT2D eigenvalue weighted by Gasteiger charge is -2.09. The van der Waals surface area contributed by atoms with Gasteiger partial charge < -0.3 is 5.11 Å². The highest BCUT2D eigenvalue weighted by atomic mass is 19.2. The number of halogens is 5. The first kappa shape index (κ1) is 14.7. The van der Waals surface area contributed by atoms with Gasteiger partial charge in [0.05, 0.1) is 10.5 Å². The third-order valence-electron chi connectivity index (χ3n) is 2.66. The fraction of sp³-hybridized carbons (Fsp3) is 0. The molecule has 1 N–H and O–H groups in total. The zero-order valence-electron chi connectivity index (χ0n) is 9.83. The van der Waals surface area contributed by atoms with E-state index < -0.39 is 56.6 Å². The summed E-state index contributed by atoms with van der Waals surface area (Å²) in [6.07, 6.45) is 0. The maximum Gasteiger partial charge on any atom is 0.346 e. The Hall–Kier alpha value is -2.71. The number of aromatic hydroxyl groups is 1. The Morgan fingerprint density at radius 2 is 1.57 bits per heavy atom. The highest BCUT2D eigenvalue weighted by molar-refractivity contribution is 5.71. The zero-order chi connectivity index (χ0) is 15.9. The smallest absolute Gasteiger partial charge is 0.346 e. The molecule has 0 radical (unpaired) electrons. The predicted octanol–water partition coefficient (Wildman–Crippen LogP) is 3.66. The normalized spacial score (nSPS) is 10.7. The zero-order valence-corrected chi connectivity index (χ0v) is 9.83. The van der Waals surface area contributed by atoms with E-state index in [0.717, 1.165) is 0 Å². The minimum Gasteiger partial charge on any atom is -0.502 e. The Balaban J connectivity index is 2.85. The number of rotatable bonds is 2. The van der Waals surface area contributed by atoms with Crippen LogP contribution in [0.3, 0.4) is 0 Å². The second kappa shape index (κ2) is 5.00. The molecule has 0 aliphatic rings. The second-order valence-corrected chi connectivity index (χ2v) is 3.90. The maximum atomic E-state index is 13.9. The molecule has 0 saturated heterocycles. The number of hydrogen-bond donors (Lipinski definition) is 1. The van der Waals surface area contributed by atoms with Crippen LogP contribution in [0.5, 0.6) is 5.75 Å². The van der Waals surface area contributed by atoms with Crippen molar-refractivity contribution in [3.05, 3.63) is 57.4 Å². The monoisotopic (exact) mass is 305 g/mol. The fourth-order valence-corrected chi connectivity index (χ4v) is 1.74. The highest BCUT2D eigenvalue weighted by Crippen LogP contribution is 2.39. The van der Waals surface area contributed by atoms with Crippen LogP contribution in [0.25, 0.3) is 11.1 Å². The van der Waals surface area contributed by atoms with Gasteiger partial charge >= 0.3 is 5.69 Å². The molecule has 110 valence electrons. The highest BCUT2D eigenvalue weighted by Gasteiger charge is 2.30. The van der Waals surface area contributed by atoms with Gasteiger partial charge in [-0.2, -0.15) is 4.39 Å². The van der Waals surface area contributed by atoms with E-state index in [-0.39, 0.29) is 6.07 Å². The van der Waals surface area contributed by atoms with E-state index in [9.17, 15) is 32.1 Å². The molecule has 0 spiro atoms. The molecule has 9 heteroatoms. The van der Waals surface area contributed by atoms with E-state index in [0.29, 0.717) is 12.1 Å². The van der Waals surface area contributed by atoms with E-state index in [1.165, 1.54) is 0 Å². The van der Waals surface area contributed by atoms with Crippen LogP contribution in [-0.4, -0.2) is 10.0 Å². The van der Waals surface area contributed by atoms with Crippen LogP contribution >= 0.6 is 0 Å². The number of phenolic OH excluding ortho intramolecular Hbond substituents is 1. The fourth-order valence-electron chi connectivity index (χ4n) is 1.74. The van der Waals surface area contributed by atoms with Gasteiger partial charge in [0.1, 0.15) is 5.82 Å². The molecule has 0 aliphatic carbocycles. The van der Waals surface area contributed by atoms with Crippen molar-refractivity contribution in [2.45, 2.75) is 0 Å². The van der Waals surface area contributed by atoms with Gasteiger partial charge in [-0.05, 0) is 12.1 Å². The number of hydrogen-bond acceptors (Lipinski definition) is 3. The van der Waals surface area contributed by atoms with Crippen molar-refractivity contribution in [1.29, 1.82) is 0 Å². The number of nitro groups is 1. The van der Waals surface area contributed by atoms with Crippen LogP contribution in [0.2, 0.25) is 0 Å². The van der Waals surface area contributed by atoms with E-state index in [1.807, 2.05) is 0 Å². The van der Waals surface area contributed by atoms with Crippen molar-refractivity contribution in [1.82, 2.24) is 0 Å². The molecule has 4 nitrogen and oxygen atoms in total. The summed E-state index contributed by atoms with van der Waals surface area (Å²) in [5, 5.41) is 19.7. The molecule has 0 unspecified atom stereocenters. The summed E-state index contributed by atoms with van der Waals surface area (Å²) >= 11 is 0. The van der Waals surface area contributed by atoms with E-state index in [1.54, 1.807) is 0 Å². The lowest BCUT2D eigenvalue weighted by atomic mass is 10.0. The summed E-state index contributed by atoms with van der Waals surface area (Å²) in [7, 11) is 0. The summed E-state index contributed by atoms with van der Waals surface area (Å²) in [6.45, 7) is 0. The first-order valence-electron chi connectivity index (χ1n) is 5.25. The third-order valence-corrected chi connectivity index (χ3v) is 2.66. The topological polar surface area (TPSA) is 63.4 Å². The molecule has 2 aromatic carbocycles. The van der Waals surface area contributed by atoms with Gasteiger partial charge in [-0.3, -0.25) is 10.1 Å². The van der Waals surface area contributed by atoms with Crippen LogP contribution in [0.4, 0.5) is 27.6 Å². The van der Waals surface area contributed by atoms with Crippen molar-refractivity contribution < 1.29 is 32.0 Å². The summed E-state index contributed by atoms with van der Waals surface area (Å²) in [6, 6.07) is 1.11. The summed E-state index contributed by atoms with van der Waals surface area (Å²) in [4.78, 5) is 9.24. The summed E-state index contributed by atoms with van der Waals surface area (Å²) < 4.78 is 67.0. The summed E-state index contributed by atoms with van der Waals surface area (Å²) in [5.74, 6) is -10.3. The number of nitro benzene ring substituents is 1. The Labute approximate surface area is 113 Å². The standard InChI is InChI=1S/C12H4F5NO3/c13-5-2-1-4(9(15)10(5)16)8-6(14)3-7(19)12(11(8)17)18(20)21/h1-3,19H. The first-order chi connectivity index (χ1) is 9.75.